The van der Waals surface area contributed by atoms with Gasteiger partial charge in [0.25, 0.3) is 11.8 Å². The first-order chi connectivity index (χ1) is 7.13. The standard InChI is InChI=1S/C11H12N2O2/c1-3-7(4-2)9-5-8(6-12)10(14)13-11(9)15/h5H,3-4H2,1-2H3,(H,13,14,15). The van der Waals surface area contributed by atoms with E-state index < -0.39 is 11.8 Å². The molecule has 0 unspecified atom stereocenters. The van der Waals surface area contributed by atoms with Gasteiger partial charge in [-0.3, -0.25) is 14.9 Å². The van der Waals surface area contributed by atoms with Crippen LogP contribution in [-0.4, -0.2) is 11.8 Å². The molecule has 0 saturated heterocycles. The number of nitrogens with zero attached hydrogens (tertiary/aromatic N) is 1. The first kappa shape index (κ1) is 11.2. The molecule has 4 heteroatoms. The molecule has 0 aromatic heterocycles. The molecule has 15 heavy (non-hydrogen) atoms. The Morgan fingerprint density at radius 1 is 1.33 bits per heavy atom. The molecule has 4 nitrogen and oxygen atoms in total. The fourth-order valence-electron chi connectivity index (χ4n) is 1.49. The second-order valence-electron chi connectivity index (χ2n) is 3.18. The average Bonchev–Trinajstić information content (AvgIpc) is 2.22. The van der Waals surface area contributed by atoms with Gasteiger partial charge in [0.2, 0.25) is 0 Å². The largest absolute Gasteiger partial charge is 0.288 e. The third kappa shape index (κ3) is 2.13. The Bertz CT molecular complexity index is 405. The van der Waals surface area contributed by atoms with E-state index in [1.165, 1.54) is 6.08 Å². The minimum Gasteiger partial charge on any atom is -0.288 e. The summed E-state index contributed by atoms with van der Waals surface area (Å²) >= 11 is 0. The third-order valence-electron chi connectivity index (χ3n) is 2.36. The molecule has 78 valence electrons. The smallest absolute Gasteiger partial charge is 0.268 e. The van der Waals surface area contributed by atoms with E-state index in [1.54, 1.807) is 6.07 Å². The molecule has 1 N–H and O–H groups in total. The van der Waals surface area contributed by atoms with Gasteiger partial charge in [0.1, 0.15) is 11.6 Å². The van der Waals surface area contributed by atoms with E-state index in [4.69, 9.17) is 5.26 Å². The molecule has 0 atom stereocenters. The summed E-state index contributed by atoms with van der Waals surface area (Å²) in [6.07, 6.45) is 2.86. The number of hydrogen-bond acceptors (Lipinski definition) is 3. The van der Waals surface area contributed by atoms with Crippen LogP contribution in [0.5, 0.6) is 0 Å². The van der Waals surface area contributed by atoms with Crippen LogP contribution in [0.3, 0.4) is 0 Å². The van der Waals surface area contributed by atoms with Crippen molar-refractivity contribution in [2.45, 2.75) is 26.7 Å². The fourth-order valence-corrected chi connectivity index (χ4v) is 1.49. The highest BCUT2D eigenvalue weighted by Gasteiger charge is 2.23. The average molecular weight is 204 g/mol. The second kappa shape index (κ2) is 4.56. The Morgan fingerprint density at radius 2 is 1.93 bits per heavy atom. The summed E-state index contributed by atoms with van der Waals surface area (Å²) in [6, 6.07) is 1.77. The maximum atomic E-state index is 11.5. The highest BCUT2D eigenvalue weighted by Crippen LogP contribution is 2.18. The van der Waals surface area contributed by atoms with E-state index in [2.05, 4.69) is 5.32 Å². The SMILES string of the molecule is CCC(CC)=C1C=C(C#N)C(=O)NC1=O. The Hall–Kier alpha value is -1.89. The second-order valence-corrected chi connectivity index (χ2v) is 3.18. The van der Waals surface area contributed by atoms with E-state index in [0.717, 1.165) is 18.4 Å². The van der Waals surface area contributed by atoms with Gasteiger partial charge in [-0.15, -0.1) is 0 Å². The van der Waals surface area contributed by atoms with Crippen LogP contribution < -0.4 is 5.32 Å². The normalized spacial score (nSPS) is 15.5. The first-order valence-corrected chi connectivity index (χ1v) is 4.83. The summed E-state index contributed by atoms with van der Waals surface area (Å²) < 4.78 is 0. The Morgan fingerprint density at radius 3 is 2.40 bits per heavy atom. The van der Waals surface area contributed by atoms with Crippen LogP contribution in [-0.2, 0) is 9.59 Å². The van der Waals surface area contributed by atoms with Crippen molar-refractivity contribution in [3.8, 4) is 6.07 Å². The first-order valence-electron chi connectivity index (χ1n) is 4.83. The predicted molar refractivity (Wildman–Crippen MR) is 54.5 cm³/mol. The summed E-state index contributed by atoms with van der Waals surface area (Å²) in [7, 11) is 0. The number of nitriles is 1. The van der Waals surface area contributed by atoms with Gasteiger partial charge in [-0.2, -0.15) is 5.26 Å². The van der Waals surface area contributed by atoms with E-state index in [0.29, 0.717) is 5.57 Å². The van der Waals surface area contributed by atoms with Crippen LogP contribution >= 0.6 is 0 Å². The van der Waals surface area contributed by atoms with Crippen molar-refractivity contribution in [1.82, 2.24) is 5.32 Å². The molecule has 0 aromatic rings. The van der Waals surface area contributed by atoms with Gasteiger partial charge >= 0.3 is 0 Å². The third-order valence-corrected chi connectivity index (χ3v) is 2.36. The van der Waals surface area contributed by atoms with E-state index in [1.807, 2.05) is 13.8 Å². The van der Waals surface area contributed by atoms with Crippen LogP contribution in [0.15, 0.2) is 22.8 Å². The van der Waals surface area contributed by atoms with Crippen molar-refractivity contribution < 1.29 is 9.59 Å². The maximum Gasteiger partial charge on any atom is 0.268 e. The Kier molecular flexibility index (Phi) is 3.40. The van der Waals surface area contributed by atoms with Gasteiger partial charge in [-0.25, -0.2) is 0 Å². The van der Waals surface area contributed by atoms with Crippen LogP contribution in [0.4, 0.5) is 0 Å². The molecule has 0 bridgehead atoms. The molecular weight excluding hydrogens is 192 g/mol. The highest BCUT2D eigenvalue weighted by atomic mass is 16.2. The number of amides is 2. The van der Waals surface area contributed by atoms with Crippen molar-refractivity contribution in [3.05, 3.63) is 22.8 Å². The maximum absolute atomic E-state index is 11.5. The number of carbonyl (C=O) groups is 2. The van der Waals surface area contributed by atoms with Crippen LogP contribution in [0.25, 0.3) is 0 Å². The number of rotatable bonds is 2. The molecule has 0 saturated carbocycles. The topological polar surface area (TPSA) is 70.0 Å². The van der Waals surface area contributed by atoms with E-state index >= 15 is 0 Å². The minimum atomic E-state index is -0.613. The van der Waals surface area contributed by atoms with E-state index in [-0.39, 0.29) is 5.57 Å². The van der Waals surface area contributed by atoms with Crippen molar-refractivity contribution in [3.63, 3.8) is 0 Å². The molecule has 0 fully saturated rings. The van der Waals surface area contributed by atoms with Gasteiger partial charge in [0.15, 0.2) is 0 Å². The van der Waals surface area contributed by atoms with Crippen molar-refractivity contribution in [1.29, 1.82) is 5.26 Å². The molecule has 2 amide bonds. The van der Waals surface area contributed by atoms with Gasteiger partial charge in [-0.05, 0) is 18.9 Å². The van der Waals surface area contributed by atoms with Crippen LogP contribution in [0.1, 0.15) is 26.7 Å². The molecule has 1 rings (SSSR count). The monoisotopic (exact) mass is 204 g/mol. The zero-order valence-corrected chi connectivity index (χ0v) is 8.76. The molecular formula is C11H12N2O2. The summed E-state index contributed by atoms with van der Waals surface area (Å²) in [5.41, 5.74) is 1.40. The van der Waals surface area contributed by atoms with Crippen LogP contribution in [0.2, 0.25) is 0 Å². The Balaban J connectivity index is 3.26. The Labute approximate surface area is 88.3 Å². The summed E-state index contributed by atoms with van der Waals surface area (Å²) in [5.74, 6) is -1.02. The van der Waals surface area contributed by atoms with Crippen molar-refractivity contribution >= 4 is 11.8 Å². The molecule has 0 aromatic carbocycles. The molecule has 0 spiro atoms. The summed E-state index contributed by atoms with van der Waals surface area (Å²) in [4.78, 5) is 22.6. The zero-order chi connectivity index (χ0) is 11.4. The number of imide groups is 1. The molecule has 1 aliphatic heterocycles. The lowest BCUT2D eigenvalue weighted by Gasteiger charge is -2.14. The lowest BCUT2D eigenvalue weighted by Crippen LogP contribution is -2.36. The van der Waals surface area contributed by atoms with Gasteiger partial charge in [-0.1, -0.05) is 19.4 Å². The highest BCUT2D eigenvalue weighted by molar-refractivity contribution is 6.17. The molecule has 1 aliphatic rings. The minimum absolute atomic E-state index is 0.0102. The van der Waals surface area contributed by atoms with Crippen molar-refractivity contribution in [2.24, 2.45) is 0 Å². The number of hydrogen-bond donors (Lipinski definition) is 1. The lowest BCUT2D eigenvalue weighted by atomic mass is 9.97. The zero-order valence-electron chi connectivity index (χ0n) is 8.76. The predicted octanol–water partition coefficient (Wildman–Crippen LogP) is 1.21. The fraction of sp³-hybridized carbons (Fsp3) is 0.364. The molecule has 0 aliphatic carbocycles. The van der Waals surface area contributed by atoms with E-state index in [9.17, 15) is 9.59 Å². The van der Waals surface area contributed by atoms with Gasteiger partial charge in [0, 0.05) is 5.57 Å². The van der Waals surface area contributed by atoms with Gasteiger partial charge < -0.3 is 0 Å². The summed E-state index contributed by atoms with van der Waals surface area (Å²) in [6.45, 7) is 3.88. The quantitative estimate of drug-likeness (QED) is 0.543. The molecule has 0 radical (unpaired) electrons. The van der Waals surface area contributed by atoms with Gasteiger partial charge in [0.05, 0.1) is 0 Å². The van der Waals surface area contributed by atoms with Crippen LogP contribution in [0, 0.1) is 11.3 Å². The molecule has 1 heterocycles. The summed E-state index contributed by atoms with van der Waals surface area (Å²) in [5, 5.41) is 10.8. The lowest BCUT2D eigenvalue weighted by molar-refractivity contribution is -0.126. The number of allylic oxidation sites excluding steroid dienone is 1. The number of carbonyl (C=O) groups excluding carboxylic acids is 2. The number of nitrogens with one attached hydrogen (secondary N) is 1. The van der Waals surface area contributed by atoms with Crippen molar-refractivity contribution in [2.75, 3.05) is 0 Å².